The van der Waals surface area contributed by atoms with Gasteiger partial charge in [-0.15, -0.1) is 0 Å². The molecule has 0 saturated carbocycles. The molecular formula is C23H25N3O3. The van der Waals surface area contributed by atoms with Gasteiger partial charge in [0.05, 0.1) is 13.2 Å². The van der Waals surface area contributed by atoms with E-state index in [0.717, 1.165) is 41.6 Å². The number of furan rings is 1. The minimum absolute atomic E-state index is 0.000517. The zero-order valence-corrected chi connectivity index (χ0v) is 16.3. The van der Waals surface area contributed by atoms with Gasteiger partial charge in [0.2, 0.25) is 5.91 Å². The molecule has 29 heavy (non-hydrogen) atoms. The number of nitrogens with zero attached hydrogens (tertiary/aromatic N) is 2. The Bertz CT molecular complexity index is 933. The molecule has 0 atom stereocenters. The van der Waals surface area contributed by atoms with Gasteiger partial charge in [-0.2, -0.15) is 0 Å². The lowest BCUT2D eigenvalue weighted by Gasteiger charge is -2.29. The fourth-order valence-corrected chi connectivity index (χ4v) is 3.42. The quantitative estimate of drug-likeness (QED) is 0.668. The number of carbonyl (C=O) groups excluding carboxylic acids is 1. The largest absolute Gasteiger partial charge is 0.461 e. The van der Waals surface area contributed by atoms with E-state index in [-0.39, 0.29) is 5.91 Å². The van der Waals surface area contributed by atoms with Crippen LogP contribution in [0.3, 0.4) is 0 Å². The minimum Gasteiger partial charge on any atom is -0.461 e. The van der Waals surface area contributed by atoms with Crippen LogP contribution in [0.2, 0.25) is 0 Å². The number of carbonyl (C=O) groups is 1. The van der Waals surface area contributed by atoms with E-state index in [1.165, 1.54) is 0 Å². The van der Waals surface area contributed by atoms with Crippen molar-refractivity contribution in [3.8, 4) is 11.3 Å². The SMILES string of the molecule is O=C(CCc1ccc(-c2ccccc2)o1)NCc1cccnc1N1CCOCC1. The molecule has 1 N–H and O–H groups in total. The molecule has 0 bridgehead atoms. The van der Waals surface area contributed by atoms with Gasteiger partial charge in [0, 0.05) is 49.8 Å². The van der Waals surface area contributed by atoms with Crippen molar-refractivity contribution >= 4 is 11.7 Å². The standard InChI is InChI=1S/C23H25N3O3/c27-22(11-9-20-8-10-21(29-20)18-5-2-1-3-6-18)25-17-19-7-4-12-24-23(19)26-13-15-28-16-14-26/h1-8,10,12H,9,11,13-17H2,(H,25,27). The molecule has 0 spiro atoms. The van der Waals surface area contributed by atoms with E-state index in [4.69, 9.17) is 9.15 Å². The topological polar surface area (TPSA) is 67.6 Å². The first-order chi connectivity index (χ1) is 14.3. The molecule has 1 aromatic carbocycles. The number of anilines is 1. The summed E-state index contributed by atoms with van der Waals surface area (Å²) in [6, 6.07) is 17.8. The van der Waals surface area contributed by atoms with Crippen LogP contribution in [0.1, 0.15) is 17.7 Å². The van der Waals surface area contributed by atoms with E-state index in [9.17, 15) is 4.79 Å². The molecule has 2 aromatic heterocycles. The molecule has 0 unspecified atom stereocenters. The normalized spacial score (nSPS) is 14.0. The summed E-state index contributed by atoms with van der Waals surface area (Å²) in [6.45, 7) is 3.51. The van der Waals surface area contributed by atoms with Crippen molar-refractivity contribution in [2.24, 2.45) is 0 Å². The van der Waals surface area contributed by atoms with Gasteiger partial charge in [0.25, 0.3) is 0 Å². The second kappa shape index (κ2) is 9.39. The fourth-order valence-electron chi connectivity index (χ4n) is 3.42. The molecule has 1 amide bonds. The van der Waals surface area contributed by atoms with Crippen molar-refractivity contribution in [1.82, 2.24) is 10.3 Å². The van der Waals surface area contributed by atoms with Crippen LogP contribution in [0.5, 0.6) is 0 Å². The lowest BCUT2D eigenvalue weighted by atomic mass is 10.2. The molecule has 0 aliphatic carbocycles. The molecule has 3 heterocycles. The van der Waals surface area contributed by atoms with Crippen molar-refractivity contribution < 1.29 is 13.9 Å². The third-order valence-corrected chi connectivity index (χ3v) is 4.97. The van der Waals surface area contributed by atoms with Crippen molar-refractivity contribution in [3.05, 3.63) is 72.1 Å². The maximum absolute atomic E-state index is 12.3. The minimum atomic E-state index is -0.000517. The van der Waals surface area contributed by atoms with Gasteiger partial charge in [0.1, 0.15) is 17.3 Å². The second-order valence-electron chi connectivity index (χ2n) is 6.99. The number of pyridine rings is 1. The van der Waals surface area contributed by atoms with Gasteiger partial charge in [-0.25, -0.2) is 4.98 Å². The molecular weight excluding hydrogens is 366 g/mol. The Morgan fingerprint density at radius 2 is 1.86 bits per heavy atom. The van der Waals surface area contributed by atoms with Crippen LogP contribution < -0.4 is 10.2 Å². The predicted octanol–water partition coefficient (Wildman–Crippen LogP) is 3.43. The smallest absolute Gasteiger partial charge is 0.220 e. The first kappa shape index (κ1) is 19.2. The Hall–Kier alpha value is -3.12. The molecule has 1 aliphatic heterocycles. The Morgan fingerprint density at radius 3 is 2.69 bits per heavy atom. The summed E-state index contributed by atoms with van der Waals surface area (Å²) in [5.41, 5.74) is 2.06. The van der Waals surface area contributed by atoms with Gasteiger partial charge in [-0.1, -0.05) is 36.4 Å². The van der Waals surface area contributed by atoms with Crippen LogP contribution >= 0.6 is 0 Å². The molecule has 4 rings (SSSR count). The lowest BCUT2D eigenvalue weighted by molar-refractivity contribution is -0.121. The highest BCUT2D eigenvalue weighted by Gasteiger charge is 2.16. The Morgan fingerprint density at radius 1 is 1.03 bits per heavy atom. The molecule has 6 heteroatoms. The number of aryl methyl sites for hydroxylation is 1. The molecule has 1 saturated heterocycles. The molecule has 3 aromatic rings. The Labute approximate surface area is 170 Å². The van der Waals surface area contributed by atoms with E-state index in [0.29, 0.717) is 32.6 Å². The Kier molecular flexibility index (Phi) is 6.22. The highest BCUT2D eigenvalue weighted by Crippen LogP contribution is 2.22. The fraction of sp³-hybridized carbons (Fsp3) is 0.304. The van der Waals surface area contributed by atoms with Crippen LogP contribution in [0, 0.1) is 0 Å². The molecule has 6 nitrogen and oxygen atoms in total. The van der Waals surface area contributed by atoms with Crippen LogP contribution in [-0.2, 0) is 22.5 Å². The molecule has 150 valence electrons. The predicted molar refractivity (Wildman–Crippen MR) is 112 cm³/mol. The maximum atomic E-state index is 12.3. The zero-order valence-electron chi connectivity index (χ0n) is 16.3. The van der Waals surface area contributed by atoms with Crippen molar-refractivity contribution in [2.45, 2.75) is 19.4 Å². The van der Waals surface area contributed by atoms with Gasteiger partial charge in [-0.05, 0) is 18.2 Å². The van der Waals surface area contributed by atoms with Crippen LogP contribution in [0.15, 0.2) is 65.2 Å². The number of hydrogen-bond donors (Lipinski definition) is 1. The van der Waals surface area contributed by atoms with Crippen LogP contribution in [0.4, 0.5) is 5.82 Å². The summed E-state index contributed by atoms with van der Waals surface area (Å²) in [4.78, 5) is 19.1. The number of amides is 1. The first-order valence-electron chi connectivity index (χ1n) is 9.97. The molecule has 1 fully saturated rings. The van der Waals surface area contributed by atoms with E-state index in [2.05, 4.69) is 15.2 Å². The zero-order chi connectivity index (χ0) is 19.9. The lowest BCUT2D eigenvalue weighted by Crippen LogP contribution is -2.37. The van der Waals surface area contributed by atoms with E-state index >= 15 is 0 Å². The average Bonchev–Trinajstić information content (AvgIpc) is 3.27. The highest BCUT2D eigenvalue weighted by atomic mass is 16.5. The number of benzene rings is 1. The molecule has 0 radical (unpaired) electrons. The third-order valence-electron chi connectivity index (χ3n) is 4.97. The van der Waals surface area contributed by atoms with Crippen LogP contribution in [0.25, 0.3) is 11.3 Å². The van der Waals surface area contributed by atoms with Crippen molar-refractivity contribution in [1.29, 1.82) is 0 Å². The highest BCUT2D eigenvalue weighted by molar-refractivity contribution is 5.76. The van der Waals surface area contributed by atoms with Gasteiger partial charge < -0.3 is 19.4 Å². The van der Waals surface area contributed by atoms with Crippen molar-refractivity contribution in [2.75, 3.05) is 31.2 Å². The second-order valence-corrected chi connectivity index (χ2v) is 6.99. The van der Waals surface area contributed by atoms with Gasteiger partial charge >= 0.3 is 0 Å². The number of rotatable bonds is 7. The van der Waals surface area contributed by atoms with Gasteiger partial charge in [-0.3, -0.25) is 4.79 Å². The number of aromatic nitrogens is 1. The third kappa shape index (κ3) is 5.03. The van der Waals surface area contributed by atoms with Crippen LogP contribution in [-0.4, -0.2) is 37.2 Å². The molecule has 1 aliphatic rings. The summed E-state index contributed by atoms with van der Waals surface area (Å²) < 4.78 is 11.3. The van der Waals surface area contributed by atoms with E-state index < -0.39 is 0 Å². The Balaban J connectivity index is 1.29. The summed E-state index contributed by atoms with van der Waals surface area (Å²) in [5, 5.41) is 3.01. The van der Waals surface area contributed by atoms with Gasteiger partial charge in [0.15, 0.2) is 0 Å². The number of morpholine rings is 1. The first-order valence-corrected chi connectivity index (χ1v) is 9.97. The average molecular weight is 391 g/mol. The van der Waals surface area contributed by atoms with Crippen molar-refractivity contribution in [3.63, 3.8) is 0 Å². The summed E-state index contributed by atoms with van der Waals surface area (Å²) in [6.07, 6.45) is 2.74. The summed E-state index contributed by atoms with van der Waals surface area (Å²) >= 11 is 0. The van der Waals surface area contributed by atoms with E-state index in [1.54, 1.807) is 6.20 Å². The number of hydrogen-bond acceptors (Lipinski definition) is 5. The monoisotopic (exact) mass is 391 g/mol. The number of ether oxygens (including phenoxy) is 1. The summed E-state index contributed by atoms with van der Waals surface area (Å²) in [7, 11) is 0. The summed E-state index contributed by atoms with van der Waals surface area (Å²) in [5.74, 6) is 2.56. The number of nitrogens with one attached hydrogen (secondary N) is 1. The maximum Gasteiger partial charge on any atom is 0.220 e. The van der Waals surface area contributed by atoms with E-state index in [1.807, 2.05) is 54.6 Å².